The van der Waals surface area contributed by atoms with E-state index < -0.39 is 0 Å². The van der Waals surface area contributed by atoms with Gasteiger partial charge in [0.05, 0.1) is 12.1 Å². The predicted molar refractivity (Wildman–Crippen MR) is 111 cm³/mol. The molecule has 6 heteroatoms. The quantitative estimate of drug-likeness (QED) is 0.590. The van der Waals surface area contributed by atoms with Crippen molar-refractivity contribution in [3.8, 4) is 5.75 Å². The van der Waals surface area contributed by atoms with E-state index in [4.69, 9.17) is 20.8 Å². The number of piperidine rings is 1. The molecule has 4 rings (SSSR count). The summed E-state index contributed by atoms with van der Waals surface area (Å²) in [6.45, 7) is 1.38. The zero-order valence-electron chi connectivity index (χ0n) is 16.1. The van der Waals surface area contributed by atoms with Gasteiger partial charge in [-0.2, -0.15) is 0 Å². The lowest BCUT2D eigenvalue weighted by Gasteiger charge is -2.31. The number of nitrogens with zero attached hydrogens (tertiary/aromatic N) is 2. The van der Waals surface area contributed by atoms with E-state index in [2.05, 4.69) is 4.98 Å². The molecular weight excluding hydrogens is 388 g/mol. The van der Waals surface area contributed by atoms with Gasteiger partial charge in [0.25, 0.3) is 5.91 Å². The number of oxazole rings is 1. The Bertz CT molecular complexity index is 958. The van der Waals surface area contributed by atoms with Crippen molar-refractivity contribution in [2.75, 3.05) is 19.7 Å². The van der Waals surface area contributed by atoms with Gasteiger partial charge in [-0.3, -0.25) is 4.79 Å². The molecule has 1 aliphatic heterocycles. The highest BCUT2D eigenvalue weighted by Crippen LogP contribution is 2.28. The summed E-state index contributed by atoms with van der Waals surface area (Å²) in [5.74, 6) is 2.26. The first-order valence-corrected chi connectivity index (χ1v) is 10.2. The maximum Gasteiger partial charge on any atom is 0.260 e. The second-order valence-electron chi connectivity index (χ2n) is 7.21. The lowest BCUT2D eigenvalue weighted by molar-refractivity contribution is -0.134. The third kappa shape index (κ3) is 4.98. The fourth-order valence-corrected chi connectivity index (χ4v) is 3.78. The van der Waals surface area contributed by atoms with Gasteiger partial charge in [-0.15, -0.1) is 0 Å². The highest BCUT2D eigenvalue weighted by molar-refractivity contribution is 6.31. The van der Waals surface area contributed by atoms with Crippen molar-refractivity contribution in [3.05, 3.63) is 83.0 Å². The minimum atomic E-state index is -0.0126. The molecule has 0 N–H and O–H groups in total. The zero-order chi connectivity index (χ0) is 20.1. The molecule has 1 saturated heterocycles. The highest BCUT2D eigenvalue weighted by Gasteiger charge is 2.28. The third-order valence-electron chi connectivity index (χ3n) is 5.12. The zero-order valence-corrected chi connectivity index (χ0v) is 16.8. The van der Waals surface area contributed by atoms with Crippen LogP contribution in [0.5, 0.6) is 5.75 Å². The van der Waals surface area contributed by atoms with Gasteiger partial charge >= 0.3 is 0 Å². The number of likely N-dealkylation sites (tertiary alicyclic amines) is 1. The van der Waals surface area contributed by atoms with E-state index in [9.17, 15) is 4.79 Å². The first kappa shape index (κ1) is 19.5. The number of amides is 1. The number of aromatic nitrogens is 1. The number of halogens is 1. The van der Waals surface area contributed by atoms with Gasteiger partial charge < -0.3 is 14.1 Å². The molecule has 0 radical (unpaired) electrons. The van der Waals surface area contributed by atoms with Crippen LogP contribution in [0.1, 0.15) is 36.0 Å². The maximum atomic E-state index is 12.6. The summed E-state index contributed by atoms with van der Waals surface area (Å²) < 4.78 is 11.6. The molecule has 1 aliphatic rings. The number of benzene rings is 2. The maximum absolute atomic E-state index is 12.6. The molecular formula is C23H23ClN2O3. The second kappa shape index (κ2) is 9.14. The first-order chi connectivity index (χ1) is 14.2. The van der Waals surface area contributed by atoms with Crippen molar-refractivity contribution in [2.24, 2.45) is 0 Å². The van der Waals surface area contributed by atoms with Crippen LogP contribution in [0.25, 0.3) is 0 Å². The summed E-state index contributed by atoms with van der Waals surface area (Å²) in [7, 11) is 0. The van der Waals surface area contributed by atoms with E-state index in [1.54, 1.807) is 6.20 Å². The standard InChI is InChI=1S/C23H23ClN2O3/c24-21-11-5-4-7-17(21)13-20-14-25-23(29-20)18-8-6-12-26(15-18)22(27)16-28-19-9-2-1-3-10-19/h1-5,7,9-11,14,18H,6,8,12-13,15-16H2. The Morgan fingerprint density at radius 2 is 1.97 bits per heavy atom. The summed E-state index contributed by atoms with van der Waals surface area (Å²) >= 11 is 6.24. The van der Waals surface area contributed by atoms with Crippen molar-refractivity contribution in [3.63, 3.8) is 0 Å². The number of carbonyl (C=O) groups excluding carboxylic acids is 1. The van der Waals surface area contributed by atoms with E-state index in [1.165, 1.54) is 0 Å². The molecule has 5 nitrogen and oxygen atoms in total. The highest BCUT2D eigenvalue weighted by atomic mass is 35.5. The molecule has 0 aliphatic carbocycles. The van der Waals surface area contributed by atoms with Crippen LogP contribution in [-0.4, -0.2) is 35.5 Å². The van der Waals surface area contributed by atoms with Crippen LogP contribution in [0.3, 0.4) is 0 Å². The van der Waals surface area contributed by atoms with Crippen LogP contribution >= 0.6 is 11.6 Å². The van der Waals surface area contributed by atoms with Crippen LogP contribution in [0.15, 0.2) is 65.2 Å². The molecule has 1 aromatic heterocycles. The minimum absolute atomic E-state index is 0.0126. The Hall–Kier alpha value is -2.79. The van der Waals surface area contributed by atoms with E-state index in [1.807, 2.05) is 59.5 Å². The van der Waals surface area contributed by atoms with Gasteiger partial charge in [0.15, 0.2) is 12.5 Å². The molecule has 0 spiro atoms. The summed E-state index contributed by atoms with van der Waals surface area (Å²) in [4.78, 5) is 18.9. The number of rotatable bonds is 6. The van der Waals surface area contributed by atoms with E-state index in [0.29, 0.717) is 24.6 Å². The van der Waals surface area contributed by atoms with Gasteiger partial charge in [0.1, 0.15) is 11.5 Å². The first-order valence-electron chi connectivity index (χ1n) is 9.82. The van der Waals surface area contributed by atoms with Crippen molar-refractivity contribution in [2.45, 2.75) is 25.2 Å². The topological polar surface area (TPSA) is 55.6 Å². The fraction of sp³-hybridized carbons (Fsp3) is 0.304. The summed E-state index contributed by atoms with van der Waals surface area (Å²) in [5, 5.41) is 0.721. The van der Waals surface area contributed by atoms with Crippen LogP contribution < -0.4 is 4.74 Å². The van der Waals surface area contributed by atoms with Gasteiger partial charge in [-0.05, 0) is 36.6 Å². The Balaban J connectivity index is 1.35. The summed E-state index contributed by atoms with van der Waals surface area (Å²) in [5.41, 5.74) is 1.01. The Morgan fingerprint density at radius 1 is 1.17 bits per heavy atom. The smallest absolute Gasteiger partial charge is 0.260 e. The average molecular weight is 411 g/mol. The van der Waals surface area contributed by atoms with Gasteiger partial charge in [0, 0.05) is 24.5 Å². The Kier molecular flexibility index (Phi) is 6.15. The summed E-state index contributed by atoms with van der Waals surface area (Å²) in [6, 6.07) is 17.1. The SMILES string of the molecule is O=C(COc1ccccc1)N1CCCC(c2ncc(Cc3ccccc3Cl)o2)C1. The number of para-hydroxylation sites is 1. The lowest BCUT2D eigenvalue weighted by Crippen LogP contribution is -2.41. The number of carbonyl (C=O) groups is 1. The van der Waals surface area contributed by atoms with Gasteiger partial charge in [0.2, 0.25) is 0 Å². The normalized spacial score (nSPS) is 16.6. The van der Waals surface area contributed by atoms with Crippen molar-refractivity contribution in [1.82, 2.24) is 9.88 Å². The van der Waals surface area contributed by atoms with Crippen LogP contribution in [0, 0.1) is 0 Å². The largest absolute Gasteiger partial charge is 0.484 e. The van der Waals surface area contributed by atoms with E-state index in [-0.39, 0.29) is 18.4 Å². The molecule has 3 aromatic rings. The molecule has 1 amide bonds. The van der Waals surface area contributed by atoms with Crippen molar-refractivity contribution in [1.29, 1.82) is 0 Å². The van der Waals surface area contributed by atoms with Gasteiger partial charge in [-0.1, -0.05) is 48.0 Å². The summed E-state index contributed by atoms with van der Waals surface area (Å²) in [6.07, 6.45) is 4.24. The second-order valence-corrected chi connectivity index (χ2v) is 7.62. The molecule has 0 saturated carbocycles. The van der Waals surface area contributed by atoms with E-state index >= 15 is 0 Å². The molecule has 0 bridgehead atoms. The molecule has 2 heterocycles. The minimum Gasteiger partial charge on any atom is -0.484 e. The molecule has 1 unspecified atom stereocenters. The Morgan fingerprint density at radius 3 is 2.79 bits per heavy atom. The number of hydrogen-bond donors (Lipinski definition) is 0. The van der Waals surface area contributed by atoms with Crippen molar-refractivity contribution < 1.29 is 13.9 Å². The van der Waals surface area contributed by atoms with Crippen LogP contribution in [0.4, 0.5) is 0 Å². The lowest BCUT2D eigenvalue weighted by atomic mass is 9.98. The molecule has 150 valence electrons. The fourth-order valence-electron chi connectivity index (χ4n) is 3.58. The average Bonchev–Trinajstić information content (AvgIpc) is 3.23. The monoisotopic (exact) mass is 410 g/mol. The Labute approximate surface area is 175 Å². The molecule has 2 aromatic carbocycles. The van der Waals surface area contributed by atoms with Crippen LogP contribution in [0.2, 0.25) is 5.02 Å². The van der Waals surface area contributed by atoms with Gasteiger partial charge in [-0.25, -0.2) is 4.98 Å². The molecule has 29 heavy (non-hydrogen) atoms. The number of ether oxygens (including phenoxy) is 1. The molecule has 1 fully saturated rings. The van der Waals surface area contributed by atoms with Crippen molar-refractivity contribution >= 4 is 17.5 Å². The third-order valence-corrected chi connectivity index (χ3v) is 5.49. The number of hydrogen-bond acceptors (Lipinski definition) is 4. The molecule has 1 atom stereocenters. The van der Waals surface area contributed by atoms with Crippen LogP contribution in [-0.2, 0) is 11.2 Å². The van der Waals surface area contributed by atoms with E-state index in [0.717, 1.165) is 35.7 Å². The predicted octanol–water partition coefficient (Wildman–Crippen LogP) is 4.70.